The van der Waals surface area contributed by atoms with Gasteiger partial charge in [-0.2, -0.15) is 10.2 Å². The van der Waals surface area contributed by atoms with E-state index in [1.807, 2.05) is 32.0 Å². The summed E-state index contributed by atoms with van der Waals surface area (Å²) in [4.78, 5) is 11.8. The lowest BCUT2D eigenvalue weighted by molar-refractivity contribution is -0.121. The van der Waals surface area contributed by atoms with E-state index in [2.05, 4.69) is 22.5 Å². The fraction of sp³-hybridized carbons (Fsp3) is 0.438. The van der Waals surface area contributed by atoms with Gasteiger partial charge in [0.2, 0.25) is 0 Å². The summed E-state index contributed by atoms with van der Waals surface area (Å²) in [6.45, 7) is 6.18. The molecule has 2 aromatic heterocycles. The van der Waals surface area contributed by atoms with Crippen LogP contribution in [0.4, 0.5) is 0 Å². The molecule has 0 unspecified atom stereocenters. The van der Waals surface area contributed by atoms with Gasteiger partial charge in [0.25, 0.3) is 5.91 Å². The Kier molecular flexibility index (Phi) is 3.83. The van der Waals surface area contributed by atoms with E-state index in [4.69, 9.17) is 4.42 Å². The van der Waals surface area contributed by atoms with Crippen molar-refractivity contribution >= 4 is 12.1 Å². The molecule has 116 valence electrons. The van der Waals surface area contributed by atoms with Gasteiger partial charge in [0.1, 0.15) is 18.1 Å². The molecule has 6 heteroatoms. The van der Waals surface area contributed by atoms with Crippen molar-refractivity contribution < 1.29 is 9.21 Å². The lowest BCUT2D eigenvalue weighted by Crippen LogP contribution is -2.24. The molecule has 22 heavy (non-hydrogen) atoms. The summed E-state index contributed by atoms with van der Waals surface area (Å²) in [6, 6.07) is 5.78. The Morgan fingerprint density at radius 2 is 2.32 bits per heavy atom. The lowest BCUT2D eigenvalue weighted by atomic mass is 10.3. The highest BCUT2D eigenvalue weighted by Crippen LogP contribution is 2.47. The largest absolute Gasteiger partial charge is 0.460 e. The number of amides is 1. The van der Waals surface area contributed by atoms with Crippen LogP contribution >= 0.6 is 0 Å². The van der Waals surface area contributed by atoms with E-state index in [-0.39, 0.29) is 12.5 Å². The summed E-state index contributed by atoms with van der Waals surface area (Å²) in [6.07, 6.45) is 2.71. The van der Waals surface area contributed by atoms with Crippen molar-refractivity contribution in [2.24, 2.45) is 11.0 Å². The quantitative estimate of drug-likeness (QED) is 0.680. The van der Waals surface area contributed by atoms with Gasteiger partial charge >= 0.3 is 0 Å². The molecule has 0 radical (unpaired) electrons. The topological polar surface area (TPSA) is 72.4 Å². The molecule has 1 saturated carbocycles. The number of rotatable bonds is 5. The fourth-order valence-electron chi connectivity index (χ4n) is 2.53. The predicted molar refractivity (Wildman–Crippen MR) is 82.7 cm³/mol. The number of aryl methyl sites for hydroxylation is 2. The van der Waals surface area contributed by atoms with E-state index >= 15 is 0 Å². The van der Waals surface area contributed by atoms with Crippen molar-refractivity contribution in [3.63, 3.8) is 0 Å². The maximum absolute atomic E-state index is 11.8. The molecule has 2 aromatic rings. The van der Waals surface area contributed by atoms with Crippen molar-refractivity contribution in [3.8, 4) is 0 Å². The lowest BCUT2D eigenvalue weighted by Gasteiger charge is -2.02. The molecule has 1 aliphatic rings. The third-order valence-corrected chi connectivity index (χ3v) is 3.90. The zero-order valence-electron chi connectivity index (χ0n) is 13.0. The number of furan rings is 1. The van der Waals surface area contributed by atoms with Gasteiger partial charge in [0, 0.05) is 11.6 Å². The molecule has 1 aliphatic carbocycles. The molecule has 6 nitrogen and oxygen atoms in total. The second-order valence-electron chi connectivity index (χ2n) is 5.94. The highest BCUT2D eigenvalue weighted by Gasteiger charge is 2.36. The number of hydrogen-bond acceptors (Lipinski definition) is 4. The van der Waals surface area contributed by atoms with Crippen LogP contribution in [0.2, 0.25) is 0 Å². The van der Waals surface area contributed by atoms with Crippen molar-refractivity contribution in [1.82, 2.24) is 15.2 Å². The predicted octanol–water partition coefficient (Wildman–Crippen LogP) is 2.37. The third kappa shape index (κ3) is 3.27. The number of carbonyl (C=O) groups is 1. The zero-order chi connectivity index (χ0) is 15.7. The molecule has 0 spiro atoms. The van der Waals surface area contributed by atoms with E-state index in [1.165, 1.54) is 12.6 Å². The summed E-state index contributed by atoms with van der Waals surface area (Å²) in [7, 11) is 0. The van der Waals surface area contributed by atoms with Gasteiger partial charge in [-0.3, -0.25) is 9.48 Å². The number of hydrazone groups is 1. The Balaban J connectivity index is 1.52. The minimum atomic E-state index is -0.218. The van der Waals surface area contributed by atoms with Gasteiger partial charge in [-0.25, -0.2) is 5.43 Å². The standard InChI is InChI=1S/C16H20N4O2/c1-10-6-14(10)15-5-4-13(22-15)8-17-18-16(21)9-20-12(3)7-11(2)19-20/h4-5,7-8,10,14H,6,9H2,1-3H3,(H,18,21)/b17-8-/t10-,14+/m0/s1. The molecular weight excluding hydrogens is 280 g/mol. The van der Waals surface area contributed by atoms with Crippen LogP contribution in [0.5, 0.6) is 0 Å². The Labute approximate surface area is 129 Å². The molecule has 0 aromatic carbocycles. The van der Waals surface area contributed by atoms with Crippen molar-refractivity contribution in [2.45, 2.75) is 39.7 Å². The second kappa shape index (κ2) is 5.79. The van der Waals surface area contributed by atoms with Crippen molar-refractivity contribution in [3.05, 3.63) is 41.1 Å². The maximum Gasteiger partial charge on any atom is 0.261 e. The number of hydrogen-bond donors (Lipinski definition) is 1. The van der Waals surface area contributed by atoms with Crippen LogP contribution in [-0.2, 0) is 11.3 Å². The van der Waals surface area contributed by atoms with E-state index in [1.54, 1.807) is 4.68 Å². The molecule has 1 N–H and O–H groups in total. The smallest absolute Gasteiger partial charge is 0.261 e. The van der Waals surface area contributed by atoms with E-state index in [0.717, 1.165) is 17.1 Å². The van der Waals surface area contributed by atoms with Crippen LogP contribution in [0.25, 0.3) is 0 Å². The highest BCUT2D eigenvalue weighted by atomic mass is 16.3. The van der Waals surface area contributed by atoms with Crippen LogP contribution in [0.1, 0.15) is 42.2 Å². The summed E-state index contributed by atoms with van der Waals surface area (Å²) >= 11 is 0. The van der Waals surface area contributed by atoms with E-state index < -0.39 is 0 Å². The first-order chi connectivity index (χ1) is 10.5. The van der Waals surface area contributed by atoms with Crippen molar-refractivity contribution in [1.29, 1.82) is 0 Å². The molecule has 2 heterocycles. The fourth-order valence-corrected chi connectivity index (χ4v) is 2.53. The van der Waals surface area contributed by atoms with E-state index in [9.17, 15) is 4.79 Å². The highest BCUT2D eigenvalue weighted by molar-refractivity contribution is 5.80. The molecular formula is C16H20N4O2. The van der Waals surface area contributed by atoms with Gasteiger partial charge in [0.05, 0.1) is 11.9 Å². The number of aromatic nitrogens is 2. The zero-order valence-corrected chi connectivity index (χ0v) is 13.0. The van der Waals surface area contributed by atoms with Crippen molar-refractivity contribution in [2.75, 3.05) is 0 Å². The van der Waals surface area contributed by atoms with Crippen LogP contribution < -0.4 is 5.43 Å². The summed E-state index contributed by atoms with van der Waals surface area (Å²) in [5, 5.41) is 8.17. The third-order valence-electron chi connectivity index (χ3n) is 3.90. The minimum absolute atomic E-state index is 0.153. The first-order valence-corrected chi connectivity index (χ1v) is 7.45. The van der Waals surface area contributed by atoms with Gasteiger partial charge in [-0.05, 0) is 44.4 Å². The van der Waals surface area contributed by atoms with Gasteiger partial charge in [0.15, 0.2) is 0 Å². The average Bonchev–Trinajstić information content (AvgIpc) is 2.87. The number of nitrogens with one attached hydrogen (secondary N) is 1. The van der Waals surface area contributed by atoms with Crippen LogP contribution in [0.15, 0.2) is 27.7 Å². The summed E-state index contributed by atoms with van der Waals surface area (Å²) in [5.74, 6) is 2.69. The molecule has 3 rings (SSSR count). The monoisotopic (exact) mass is 300 g/mol. The van der Waals surface area contributed by atoms with Crippen LogP contribution in [-0.4, -0.2) is 21.9 Å². The number of carbonyl (C=O) groups excluding carboxylic acids is 1. The Morgan fingerprint density at radius 1 is 1.55 bits per heavy atom. The molecule has 0 bridgehead atoms. The maximum atomic E-state index is 11.8. The Bertz CT molecular complexity index is 714. The Morgan fingerprint density at radius 3 is 2.95 bits per heavy atom. The first kappa shape index (κ1) is 14.6. The SMILES string of the molecule is Cc1cc(C)n(CC(=O)N/N=C\c2ccc([C@@H]3C[C@@H]3C)o2)n1. The number of nitrogens with zero attached hydrogens (tertiary/aromatic N) is 3. The molecule has 1 amide bonds. The normalized spacial score (nSPS) is 20.5. The average molecular weight is 300 g/mol. The Hall–Kier alpha value is -2.37. The summed E-state index contributed by atoms with van der Waals surface area (Å²) in [5.41, 5.74) is 4.33. The van der Waals surface area contributed by atoms with Gasteiger partial charge in [-0.1, -0.05) is 6.92 Å². The molecule has 1 fully saturated rings. The summed E-state index contributed by atoms with van der Waals surface area (Å²) < 4.78 is 7.33. The minimum Gasteiger partial charge on any atom is -0.460 e. The van der Waals surface area contributed by atoms with Crippen LogP contribution in [0.3, 0.4) is 0 Å². The molecule has 2 atom stereocenters. The van der Waals surface area contributed by atoms with Crippen LogP contribution in [0, 0.1) is 19.8 Å². The first-order valence-electron chi connectivity index (χ1n) is 7.45. The van der Waals surface area contributed by atoms with E-state index in [0.29, 0.717) is 17.6 Å². The van der Waals surface area contributed by atoms with Gasteiger partial charge in [-0.15, -0.1) is 0 Å². The molecule has 0 saturated heterocycles. The molecule has 0 aliphatic heterocycles. The second-order valence-corrected chi connectivity index (χ2v) is 5.94. The van der Waals surface area contributed by atoms with Gasteiger partial charge < -0.3 is 4.42 Å².